The van der Waals surface area contributed by atoms with Gasteiger partial charge in [-0.05, 0) is 19.4 Å². The topological polar surface area (TPSA) is 67.0 Å². The third kappa shape index (κ3) is 3.66. The first-order chi connectivity index (χ1) is 9.16. The van der Waals surface area contributed by atoms with Crippen LogP contribution in [0.15, 0.2) is 30.3 Å². The van der Waals surface area contributed by atoms with E-state index in [1.54, 1.807) is 0 Å². The molecule has 1 aromatic carbocycles. The van der Waals surface area contributed by atoms with Crippen LogP contribution in [-0.4, -0.2) is 22.7 Å². The number of aromatic nitrogens is 2. The van der Waals surface area contributed by atoms with Gasteiger partial charge in [0.05, 0.1) is 23.7 Å². The first-order valence-corrected chi connectivity index (χ1v) is 6.10. The van der Waals surface area contributed by atoms with Crippen molar-refractivity contribution in [3.63, 3.8) is 0 Å². The van der Waals surface area contributed by atoms with E-state index in [0.29, 0.717) is 6.61 Å². The van der Waals surface area contributed by atoms with Crippen LogP contribution in [0.4, 0.5) is 5.69 Å². The fourth-order valence-corrected chi connectivity index (χ4v) is 1.75. The highest BCUT2D eigenvalue weighted by molar-refractivity contribution is 5.92. The van der Waals surface area contributed by atoms with Crippen LogP contribution in [0.5, 0.6) is 0 Å². The van der Waals surface area contributed by atoms with Crippen LogP contribution in [0.2, 0.25) is 0 Å². The summed E-state index contributed by atoms with van der Waals surface area (Å²) in [5.41, 5.74) is 3.39. The number of hydrogen-bond acceptors (Lipinski definition) is 3. The number of hydrogen-bond donors (Lipinski definition) is 2. The number of aryl methyl sites for hydroxylation is 2. The molecule has 0 fully saturated rings. The second kappa shape index (κ2) is 6.15. The summed E-state index contributed by atoms with van der Waals surface area (Å²) in [6, 6.07) is 9.75. The van der Waals surface area contributed by atoms with Crippen molar-refractivity contribution in [1.29, 1.82) is 0 Å². The average Bonchev–Trinajstić information content (AvgIpc) is 2.72. The number of nitrogens with one attached hydrogen (secondary N) is 2. The van der Waals surface area contributed by atoms with Crippen molar-refractivity contribution in [3.05, 3.63) is 47.3 Å². The van der Waals surface area contributed by atoms with E-state index >= 15 is 0 Å². The molecule has 0 radical (unpaired) electrons. The lowest BCUT2D eigenvalue weighted by atomic mass is 10.2. The number of carbonyl (C=O) groups is 1. The molecule has 5 heteroatoms. The third-order valence-corrected chi connectivity index (χ3v) is 2.74. The van der Waals surface area contributed by atoms with Crippen LogP contribution in [0, 0.1) is 13.8 Å². The number of amides is 1. The second-order valence-electron chi connectivity index (χ2n) is 4.34. The molecule has 1 heterocycles. The lowest BCUT2D eigenvalue weighted by molar-refractivity contribution is -0.121. The van der Waals surface area contributed by atoms with E-state index in [1.165, 1.54) is 0 Å². The summed E-state index contributed by atoms with van der Waals surface area (Å²) >= 11 is 0. The molecule has 0 saturated carbocycles. The quantitative estimate of drug-likeness (QED) is 0.864. The number of aromatic amines is 1. The molecule has 0 saturated heterocycles. The molecule has 2 rings (SSSR count). The molecule has 0 spiro atoms. The van der Waals surface area contributed by atoms with Crippen molar-refractivity contribution < 1.29 is 9.53 Å². The number of carbonyl (C=O) groups excluding carboxylic acids is 1. The zero-order valence-corrected chi connectivity index (χ0v) is 11.1. The van der Waals surface area contributed by atoms with Gasteiger partial charge in [0.2, 0.25) is 5.91 Å². The smallest absolute Gasteiger partial charge is 0.250 e. The van der Waals surface area contributed by atoms with Gasteiger partial charge in [0.25, 0.3) is 0 Å². The molecular weight excluding hydrogens is 242 g/mol. The Kier molecular flexibility index (Phi) is 4.30. The van der Waals surface area contributed by atoms with E-state index < -0.39 is 0 Å². The summed E-state index contributed by atoms with van der Waals surface area (Å²) in [7, 11) is 0. The summed E-state index contributed by atoms with van der Waals surface area (Å²) in [5, 5.41) is 9.62. The number of ether oxygens (including phenoxy) is 1. The molecule has 0 unspecified atom stereocenters. The van der Waals surface area contributed by atoms with Crippen molar-refractivity contribution in [3.8, 4) is 0 Å². The van der Waals surface area contributed by atoms with Crippen LogP contribution in [-0.2, 0) is 16.1 Å². The van der Waals surface area contributed by atoms with Crippen LogP contribution in [0.3, 0.4) is 0 Å². The summed E-state index contributed by atoms with van der Waals surface area (Å²) < 4.78 is 5.37. The summed E-state index contributed by atoms with van der Waals surface area (Å²) in [6.45, 7) is 4.15. The minimum Gasteiger partial charge on any atom is -0.367 e. The van der Waals surface area contributed by atoms with Crippen LogP contribution >= 0.6 is 0 Å². The van der Waals surface area contributed by atoms with E-state index in [2.05, 4.69) is 15.5 Å². The Hall–Kier alpha value is -2.14. The number of nitrogens with zero attached hydrogens (tertiary/aromatic N) is 1. The average molecular weight is 259 g/mol. The van der Waals surface area contributed by atoms with Crippen molar-refractivity contribution in [2.45, 2.75) is 20.5 Å². The summed E-state index contributed by atoms with van der Waals surface area (Å²) in [4.78, 5) is 11.7. The van der Waals surface area contributed by atoms with Gasteiger partial charge in [-0.3, -0.25) is 9.89 Å². The Morgan fingerprint density at radius 3 is 2.68 bits per heavy atom. The molecule has 1 aromatic heterocycles. The molecule has 5 nitrogen and oxygen atoms in total. The molecule has 0 aliphatic heterocycles. The molecule has 0 bridgehead atoms. The molecule has 2 N–H and O–H groups in total. The van der Waals surface area contributed by atoms with E-state index in [1.807, 2.05) is 44.2 Å². The Bertz CT molecular complexity index is 530. The van der Waals surface area contributed by atoms with E-state index in [0.717, 1.165) is 22.6 Å². The van der Waals surface area contributed by atoms with Gasteiger partial charge in [-0.15, -0.1) is 0 Å². The summed E-state index contributed by atoms with van der Waals surface area (Å²) in [6.07, 6.45) is 0. The van der Waals surface area contributed by atoms with Crippen molar-refractivity contribution in [2.24, 2.45) is 0 Å². The number of benzene rings is 1. The molecule has 2 aromatic rings. The zero-order chi connectivity index (χ0) is 13.7. The highest BCUT2D eigenvalue weighted by Gasteiger charge is 2.09. The first kappa shape index (κ1) is 13.3. The Balaban J connectivity index is 1.79. The maximum Gasteiger partial charge on any atom is 0.250 e. The first-order valence-electron chi connectivity index (χ1n) is 6.10. The van der Waals surface area contributed by atoms with Crippen molar-refractivity contribution in [2.75, 3.05) is 11.9 Å². The Morgan fingerprint density at radius 2 is 2.05 bits per heavy atom. The van der Waals surface area contributed by atoms with Gasteiger partial charge in [-0.25, -0.2) is 0 Å². The van der Waals surface area contributed by atoms with Crippen molar-refractivity contribution >= 4 is 11.6 Å². The predicted octanol–water partition coefficient (Wildman–Crippen LogP) is 2.18. The highest BCUT2D eigenvalue weighted by atomic mass is 16.5. The Labute approximate surface area is 112 Å². The third-order valence-electron chi connectivity index (χ3n) is 2.74. The molecule has 19 heavy (non-hydrogen) atoms. The lowest BCUT2D eigenvalue weighted by Crippen LogP contribution is -2.18. The number of anilines is 1. The van der Waals surface area contributed by atoms with Gasteiger partial charge in [-0.1, -0.05) is 30.3 Å². The molecule has 0 aliphatic carbocycles. The van der Waals surface area contributed by atoms with Crippen LogP contribution in [0.1, 0.15) is 17.0 Å². The molecule has 1 amide bonds. The Morgan fingerprint density at radius 1 is 1.32 bits per heavy atom. The molecule has 0 atom stereocenters. The lowest BCUT2D eigenvalue weighted by Gasteiger charge is -2.06. The maximum atomic E-state index is 11.7. The van der Waals surface area contributed by atoms with Gasteiger partial charge in [0.15, 0.2) is 0 Å². The van der Waals surface area contributed by atoms with E-state index in [-0.39, 0.29) is 12.5 Å². The summed E-state index contributed by atoms with van der Waals surface area (Å²) in [5.74, 6) is -0.177. The number of rotatable bonds is 5. The van der Waals surface area contributed by atoms with Crippen molar-refractivity contribution in [1.82, 2.24) is 10.2 Å². The maximum absolute atomic E-state index is 11.7. The zero-order valence-electron chi connectivity index (χ0n) is 11.1. The molecule has 0 aliphatic rings. The highest BCUT2D eigenvalue weighted by Crippen LogP contribution is 2.15. The van der Waals surface area contributed by atoms with Gasteiger partial charge >= 0.3 is 0 Å². The SMILES string of the molecule is Cc1n[nH]c(C)c1NC(=O)COCc1ccccc1. The van der Waals surface area contributed by atoms with E-state index in [9.17, 15) is 4.79 Å². The fourth-order valence-electron chi connectivity index (χ4n) is 1.75. The monoisotopic (exact) mass is 259 g/mol. The molecular formula is C14H17N3O2. The second-order valence-corrected chi connectivity index (χ2v) is 4.34. The van der Waals surface area contributed by atoms with E-state index in [4.69, 9.17) is 4.74 Å². The predicted molar refractivity (Wildman–Crippen MR) is 72.8 cm³/mol. The number of H-pyrrole nitrogens is 1. The van der Waals surface area contributed by atoms with Gasteiger partial charge < -0.3 is 10.1 Å². The standard InChI is InChI=1S/C14H17N3O2/c1-10-14(11(2)17-16-10)15-13(18)9-19-8-12-6-4-3-5-7-12/h3-7H,8-9H2,1-2H3,(H,15,18)(H,16,17). The molecule has 100 valence electrons. The van der Waals surface area contributed by atoms with Gasteiger partial charge in [0, 0.05) is 0 Å². The van der Waals surface area contributed by atoms with Gasteiger partial charge in [-0.2, -0.15) is 5.10 Å². The minimum absolute atomic E-state index is 0.0267. The fraction of sp³-hybridized carbons (Fsp3) is 0.286. The van der Waals surface area contributed by atoms with Crippen LogP contribution < -0.4 is 5.32 Å². The normalized spacial score (nSPS) is 10.4. The van der Waals surface area contributed by atoms with Crippen LogP contribution in [0.25, 0.3) is 0 Å². The van der Waals surface area contributed by atoms with Gasteiger partial charge in [0.1, 0.15) is 6.61 Å². The largest absolute Gasteiger partial charge is 0.367 e. The minimum atomic E-state index is -0.177.